The van der Waals surface area contributed by atoms with Gasteiger partial charge in [-0.3, -0.25) is 4.79 Å². The average Bonchev–Trinajstić information content (AvgIpc) is 2.89. The molecule has 6 heteroatoms. The molecule has 21 heavy (non-hydrogen) atoms. The molecule has 1 heterocycles. The first kappa shape index (κ1) is 18.7. The normalized spacial score (nSPS) is 26.8. The highest BCUT2D eigenvalue weighted by Gasteiger charge is 2.38. The number of nitrogens with two attached hydrogens (primary N) is 1. The van der Waals surface area contributed by atoms with Gasteiger partial charge in [-0.15, -0.1) is 12.4 Å². The molecule has 1 aliphatic carbocycles. The molecule has 2 atom stereocenters. The Morgan fingerprint density at radius 1 is 1.43 bits per heavy atom. The lowest BCUT2D eigenvalue weighted by molar-refractivity contribution is -0.132. The van der Waals surface area contributed by atoms with Gasteiger partial charge in [0.25, 0.3) is 0 Å². The van der Waals surface area contributed by atoms with Crippen molar-refractivity contribution in [2.24, 2.45) is 11.1 Å². The van der Waals surface area contributed by atoms with E-state index < -0.39 is 0 Å². The van der Waals surface area contributed by atoms with Gasteiger partial charge in [0.1, 0.15) is 6.10 Å². The summed E-state index contributed by atoms with van der Waals surface area (Å²) in [6, 6.07) is 0. The number of carbonyl (C=O) groups is 1. The highest BCUT2D eigenvalue weighted by atomic mass is 35.5. The SMILES string of the molecule is CCOCCC1(CNC(=O)[C@@H]2CC[C@H](CN)O2)CCC1.Cl. The third-order valence-electron chi connectivity index (χ3n) is 4.70. The van der Waals surface area contributed by atoms with E-state index in [-0.39, 0.29) is 35.9 Å². The Bertz CT molecular complexity index is 324. The number of nitrogens with one attached hydrogen (secondary N) is 1. The molecule has 0 radical (unpaired) electrons. The molecule has 1 aliphatic heterocycles. The summed E-state index contributed by atoms with van der Waals surface area (Å²) < 4.78 is 11.1. The first-order chi connectivity index (χ1) is 9.69. The van der Waals surface area contributed by atoms with Crippen LogP contribution in [-0.4, -0.2) is 44.4 Å². The van der Waals surface area contributed by atoms with E-state index >= 15 is 0 Å². The zero-order valence-electron chi connectivity index (χ0n) is 12.9. The molecule has 1 saturated carbocycles. The molecule has 5 nitrogen and oxygen atoms in total. The van der Waals surface area contributed by atoms with Crippen LogP contribution in [0.1, 0.15) is 45.4 Å². The molecule has 0 aromatic rings. The summed E-state index contributed by atoms with van der Waals surface area (Å²) in [6.45, 7) is 4.83. The van der Waals surface area contributed by atoms with Crippen molar-refractivity contribution in [1.29, 1.82) is 0 Å². The van der Waals surface area contributed by atoms with Gasteiger partial charge in [-0.2, -0.15) is 0 Å². The summed E-state index contributed by atoms with van der Waals surface area (Å²) in [7, 11) is 0. The van der Waals surface area contributed by atoms with Crippen LogP contribution >= 0.6 is 12.4 Å². The molecular weight excluding hydrogens is 292 g/mol. The summed E-state index contributed by atoms with van der Waals surface area (Å²) in [5.41, 5.74) is 5.83. The van der Waals surface area contributed by atoms with Gasteiger partial charge < -0.3 is 20.5 Å². The summed E-state index contributed by atoms with van der Waals surface area (Å²) in [4.78, 5) is 12.1. The van der Waals surface area contributed by atoms with Gasteiger partial charge in [0.05, 0.1) is 6.10 Å². The Hall–Kier alpha value is -0.360. The Kier molecular flexibility index (Phi) is 7.95. The van der Waals surface area contributed by atoms with Crippen LogP contribution in [0, 0.1) is 5.41 Å². The molecule has 0 aromatic heterocycles. The van der Waals surface area contributed by atoms with Crippen molar-refractivity contribution in [3.63, 3.8) is 0 Å². The first-order valence-corrected chi connectivity index (χ1v) is 7.90. The Morgan fingerprint density at radius 2 is 2.19 bits per heavy atom. The van der Waals surface area contributed by atoms with Crippen LogP contribution in [0.4, 0.5) is 0 Å². The Morgan fingerprint density at radius 3 is 2.71 bits per heavy atom. The van der Waals surface area contributed by atoms with Crippen molar-refractivity contribution in [3.05, 3.63) is 0 Å². The van der Waals surface area contributed by atoms with Crippen LogP contribution < -0.4 is 11.1 Å². The molecule has 2 fully saturated rings. The maximum absolute atomic E-state index is 12.1. The number of rotatable bonds is 8. The maximum Gasteiger partial charge on any atom is 0.249 e. The smallest absolute Gasteiger partial charge is 0.249 e. The van der Waals surface area contributed by atoms with E-state index in [2.05, 4.69) is 5.32 Å². The van der Waals surface area contributed by atoms with E-state index in [0.29, 0.717) is 6.54 Å². The van der Waals surface area contributed by atoms with E-state index in [4.69, 9.17) is 15.2 Å². The minimum Gasteiger partial charge on any atom is -0.382 e. The monoisotopic (exact) mass is 320 g/mol. The molecule has 2 rings (SSSR count). The highest BCUT2D eigenvalue weighted by Crippen LogP contribution is 2.43. The standard InChI is InChI=1S/C15H28N2O3.ClH/c1-2-19-9-8-15(6-3-7-15)11-17-14(18)13-5-4-12(10-16)20-13;/h12-13H,2-11,16H2,1H3,(H,17,18);1H/t12-,13+;/m1./s1. The molecule has 0 aromatic carbocycles. The van der Waals surface area contributed by atoms with E-state index in [9.17, 15) is 4.79 Å². The fourth-order valence-electron chi connectivity index (χ4n) is 3.09. The number of hydrogen-bond acceptors (Lipinski definition) is 4. The van der Waals surface area contributed by atoms with Crippen LogP contribution in [0.25, 0.3) is 0 Å². The molecule has 3 N–H and O–H groups in total. The second-order valence-electron chi connectivity index (χ2n) is 6.08. The summed E-state index contributed by atoms with van der Waals surface area (Å²) >= 11 is 0. The van der Waals surface area contributed by atoms with Crippen molar-refractivity contribution in [2.75, 3.05) is 26.3 Å². The van der Waals surface area contributed by atoms with Crippen LogP contribution in [0.2, 0.25) is 0 Å². The quantitative estimate of drug-likeness (QED) is 0.667. The minimum atomic E-state index is -0.299. The van der Waals surface area contributed by atoms with E-state index in [0.717, 1.165) is 39.0 Å². The fourth-order valence-corrected chi connectivity index (χ4v) is 3.09. The largest absolute Gasteiger partial charge is 0.382 e. The van der Waals surface area contributed by atoms with Gasteiger partial charge in [-0.1, -0.05) is 6.42 Å². The lowest BCUT2D eigenvalue weighted by Crippen LogP contribution is -2.46. The predicted octanol–water partition coefficient (Wildman–Crippen LogP) is 1.63. The third kappa shape index (κ3) is 5.09. The van der Waals surface area contributed by atoms with Crippen LogP contribution in [0.5, 0.6) is 0 Å². The van der Waals surface area contributed by atoms with Crippen molar-refractivity contribution >= 4 is 18.3 Å². The number of hydrogen-bond donors (Lipinski definition) is 2. The van der Waals surface area contributed by atoms with Gasteiger partial charge in [0.2, 0.25) is 5.91 Å². The second-order valence-corrected chi connectivity index (χ2v) is 6.08. The first-order valence-electron chi connectivity index (χ1n) is 7.90. The molecule has 1 amide bonds. The van der Waals surface area contributed by atoms with Crippen molar-refractivity contribution < 1.29 is 14.3 Å². The summed E-state index contributed by atoms with van der Waals surface area (Å²) in [6.07, 6.45) is 6.13. The molecule has 0 unspecified atom stereocenters. The summed E-state index contributed by atoms with van der Waals surface area (Å²) in [5, 5.41) is 3.08. The summed E-state index contributed by atoms with van der Waals surface area (Å²) in [5.74, 6) is 0.0311. The second kappa shape index (κ2) is 8.93. The number of amides is 1. The van der Waals surface area contributed by atoms with Gasteiger partial charge in [0, 0.05) is 26.3 Å². The van der Waals surface area contributed by atoms with Crippen molar-refractivity contribution in [2.45, 2.75) is 57.7 Å². The molecule has 0 spiro atoms. The van der Waals surface area contributed by atoms with Gasteiger partial charge in [-0.05, 0) is 44.4 Å². The van der Waals surface area contributed by atoms with Crippen LogP contribution in [0.15, 0.2) is 0 Å². The van der Waals surface area contributed by atoms with Gasteiger partial charge in [-0.25, -0.2) is 0 Å². The molecule has 2 aliphatic rings. The zero-order chi connectivity index (χ0) is 14.4. The number of halogens is 1. The van der Waals surface area contributed by atoms with Crippen LogP contribution in [0.3, 0.4) is 0 Å². The molecular formula is C15H29ClN2O3. The Balaban J connectivity index is 0.00000220. The van der Waals surface area contributed by atoms with Crippen molar-refractivity contribution in [1.82, 2.24) is 5.32 Å². The van der Waals surface area contributed by atoms with Crippen LogP contribution in [-0.2, 0) is 14.3 Å². The zero-order valence-corrected chi connectivity index (χ0v) is 13.8. The third-order valence-corrected chi connectivity index (χ3v) is 4.70. The minimum absolute atomic E-state index is 0. The fraction of sp³-hybridized carbons (Fsp3) is 0.933. The number of carbonyl (C=O) groups excluding carboxylic acids is 1. The molecule has 124 valence electrons. The van der Waals surface area contributed by atoms with Gasteiger partial charge >= 0.3 is 0 Å². The van der Waals surface area contributed by atoms with E-state index in [1.54, 1.807) is 0 Å². The van der Waals surface area contributed by atoms with E-state index in [1.165, 1.54) is 19.3 Å². The van der Waals surface area contributed by atoms with Crippen molar-refractivity contribution in [3.8, 4) is 0 Å². The topological polar surface area (TPSA) is 73.6 Å². The maximum atomic E-state index is 12.1. The van der Waals surface area contributed by atoms with E-state index in [1.807, 2.05) is 6.92 Å². The lowest BCUT2D eigenvalue weighted by atomic mass is 9.66. The Labute approximate surface area is 133 Å². The molecule has 1 saturated heterocycles. The van der Waals surface area contributed by atoms with Gasteiger partial charge in [0.15, 0.2) is 0 Å². The predicted molar refractivity (Wildman–Crippen MR) is 84.6 cm³/mol. The highest BCUT2D eigenvalue weighted by molar-refractivity contribution is 5.85. The lowest BCUT2D eigenvalue weighted by Gasteiger charge is -2.42. The molecule has 0 bridgehead atoms. The average molecular weight is 321 g/mol. The number of ether oxygens (including phenoxy) is 2.